The summed E-state index contributed by atoms with van der Waals surface area (Å²) in [6.07, 6.45) is 5.54. The van der Waals surface area contributed by atoms with E-state index >= 15 is 0 Å². The maximum atomic E-state index is 7.69. The van der Waals surface area contributed by atoms with Gasteiger partial charge in [-0.1, -0.05) is 39.5 Å². The molecule has 0 saturated carbocycles. The van der Waals surface area contributed by atoms with Gasteiger partial charge in [0.2, 0.25) is 0 Å². The third-order valence-electron chi connectivity index (χ3n) is 1.17. The molecule has 11 heavy (non-hydrogen) atoms. The SMILES string of the molecule is CCCCCC.COB(O)O. The second-order valence-corrected chi connectivity index (χ2v) is 2.27. The molecule has 4 heteroatoms. The van der Waals surface area contributed by atoms with Crippen LogP contribution in [0.5, 0.6) is 0 Å². The van der Waals surface area contributed by atoms with Crippen LogP contribution in [-0.4, -0.2) is 24.5 Å². The molecule has 0 aromatic heterocycles. The summed E-state index contributed by atoms with van der Waals surface area (Å²) in [6.45, 7) is 4.46. The van der Waals surface area contributed by atoms with E-state index in [-0.39, 0.29) is 0 Å². The van der Waals surface area contributed by atoms with Gasteiger partial charge in [-0.05, 0) is 0 Å². The lowest BCUT2D eigenvalue weighted by molar-refractivity contribution is 0.229. The summed E-state index contributed by atoms with van der Waals surface area (Å²) in [5.41, 5.74) is 0. The zero-order valence-corrected chi connectivity index (χ0v) is 7.71. The van der Waals surface area contributed by atoms with Gasteiger partial charge in [-0.25, -0.2) is 0 Å². The van der Waals surface area contributed by atoms with Crippen LogP contribution in [0.1, 0.15) is 39.5 Å². The van der Waals surface area contributed by atoms with E-state index in [1.165, 1.54) is 32.8 Å². The highest BCUT2D eigenvalue weighted by Crippen LogP contribution is 1.95. The van der Waals surface area contributed by atoms with Crippen LogP contribution in [0.4, 0.5) is 0 Å². The predicted octanol–water partition coefficient (Wildman–Crippen LogP) is 1.19. The van der Waals surface area contributed by atoms with Crippen molar-refractivity contribution in [2.45, 2.75) is 39.5 Å². The number of hydrogen-bond acceptors (Lipinski definition) is 3. The van der Waals surface area contributed by atoms with Crippen LogP contribution in [-0.2, 0) is 4.65 Å². The van der Waals surface area contributed by atoms with Crippen LogP contribution in [0.2, 0.25) is 0 Å². The van der Waals surface area contributed by atoms with Crippen LogP contribution < -0.4 is 0 Å². The van der Waals surface area contributed by atoms with Gasteiger partial charge in [-0.15, -0.1) is 0 Å². The van der Waals surface area contributed by atoms with E-state index in [9.17, 15) is 0 Å². The predicted molar refractivity (Wildman–Crippen MR) is 47.0 cm³/mol. The lowest BCUT2D eigenvalue weighted by Crippen LogP contribution is -2.12. The van der Waals surface area contributed by atoms with E-state index in [4.69, 9.17) is 10.0 Å². The Labute approximate surface area is 69.6 Å². The van der Waals surface area contributed by atoms with Gasteiger partial charge < -0.3 is 14.7 Å². The Morgan fingerprint density at radius 1 is 1.09 bits per heavy atom. The van der Waals surface area contributed by atoms with Crippen molar-refractivity contribution in [2.75, 3.05) is 7.11 Å². The highest BCUT2D eigenvalue weighted by atomic mass is 16.6. The Balaban J connectivity index is 0. The highest BCUT2D eigenvalue weighted by Gasteiger charge is 2.00. The van der Waals surface area contributed by atoms with Crippen molar-refractivity contribution in [3.63, 3.8) is 0 Å². The molecule has 0 aliphatic carbocycles. The average Bonchev–Trinajstić information content (AvgIpc) is 2.02. The standard InChI is InChI=1S/C6H14.CH5BO3/c1-3-5-6-4-2;1-5-2(3)4/h3-6H2,1-2H3;3-4H,1H3. The largest absolute Gasteiger partial charge is 0.633 e. The molecule has 0 amide bonds. The molecule has 0 spiro atoms. The van der Waals surface area contributed by atoms with Crippen molar-refractivity contribution < 1.29 is 14.7 Å². The van der Waals surface area contributed by atoms with Crippen molar-refractivity contribution >= 4 is 7.32 Å². The lowest BCUT2D eigenvalue weighted by Gasteiger charge is -1.86. The summed E-state index contributed by atoms with van der Waals surface area (Å²) in [5.74, 6) is 0. The van der Waals surface area contributed by atoms with Gasteiger partial charge >= 0.3 is 7.32 Å². The summed E-state index contributed by atoms with van der Waals surface area (Å²) in [5, 5.41) is 15.4. The van der Waals surface area contributed by atoms with E-state index in [1.807, 2.05) is 0 Å². The van der Waals surface area contributed by atoms with E-state index in [0.717, 1.165) is 0 Å². The molecule has 0 fully saturated rings. The topological polar surface area (TPSA) is 49.7 Å². The smallest absolute Gasteiger partial charge is 0.402 e. The van der Waals surface area contributed by atoms with Crippen LogP contribution in [0.15, 0.2) is 0 Å². The number of rotatable bonds is 4. The van der Waals surface area contributed by atoms with Crippen molar-refractivity contribution in [1.82, 2.24) is 0 Å². The molecule has 0 aromatic carbocycles. The summed E-state index contributed by atoms with van der Waals surface area (Å²) in [7, 11) is -0.417. The van der Waals surface area contributed by atoms with Crippen LogP contribution >= 0.6 is 0 Å². The van der Waals surface area contributed by atoms with E-state index < -0.39 is 7.32 Å². The minimum absolute atomic E-state index is 1.20. The van der Waals surface area contributed by atoms with Gasteiger partial charge in [-0.3, -0.25) is 0 Å². The molecule has 0 atom stereocenters. The molecule has 0 saturated heterocycles. The molecule has 0 heterocycles. The van der Waals surface area contributed by atoms with E-state index in [1.54, 1.807) is 0 Å². The molecule has 2 N–H and O–H groups in total. The molecule has 0 unspecified atom stereocenters. The Kier molecular flexibility index (Phi) is 15.5. The monoisotopic (exact) mass is 162 g/mol. The van der Waals surface area contributed by atoms with Crippen molar-refractivity contribution in [1.29, 1.82) is 0 Å². The van der Waals surface area contributed by atoms with Gasteiger partial charge in [-0.2, -0.15) is 0 Å². The Morgan fingerprint density at radius 2 is 1.36 bits per heavy atom. The molecule has 0 aliphatic rings. The first-order valence-corrected chi connectivity index (χ1v) is 4.07. The van der Waals surface area contributed by atoms with Gasteiger partial charge in [0.05, 0.1) is 0 Å². The molecular weight excluding hydrogens is 143 g/mol. The minimum atomic E-state index is -1.62. The zero-order chi connectivity index (χ0) is 9.11. The first-order valence-electron chi connectivity index (χ1n) is 4.07. The maximum absolute atomic E-state index is 7.69. The van der Waals surface area contributed by atoms with Gasteiger partial charge in [0.15, 0.2) is 0 Å². The van der Waals surface area contributed by atoms with Gasteiger partial charge in [0, 0.05) is 7.11 Å². The molecule has 0 aliphatic heterocycles. The lowest BCUT2D eigenvalue weighted by atomic mass is 10.2. The first-order chi connectivity index (χ1) is 5.18. The molecule has 0 aromatic rings. The van der Waals surface area contributed by atoms with Gasteiger partial charge in [0.25, 0.3) is 0 Å². The van der Waals surface area contributed by atoms with E-state index in [0.29, 0.717) is 0 Å². The number of hydrogen-bond donors (Lipinski definition) is 2. The summed E-state index contributed by atoms with van der Waals surface area (Å²) >= 11 is 0. The number of unbranched alkanes of at least 4 members (excludes halogenated alkanes) is 3. The zero-order valence-electron chi connectivity index (χ0n) is 7.71. The fourth-order valence-electron chi connectivity index (χ4n) is 0.500. The van der Waals surface area contributed by atoms with Crippen molar-refractivity contribution in [2.24, 2.45) is 0 Å². The molecular formula is C7H19BO3. The average molecular weight is 162 g/mol. The van der Waals surface area contributed by atoms with Crippen LogP contribution in [0.3, 0.4) is 0 Å². The fraction of sp³-hybridized carbons (Fsp3) is 1.00. The summed E-state index contributed by atoms with van der Waals surface area (Å²) in [6, 6.07) is 0. The van der Waals surface area contributed by atoms with Crippen molar-refractivity contribution in [3.05, 3.63) is 0 Å². The second-order valence-electron chi connectivity index (χ2n) is 2.27. The molecule has 68 valence electrons. The molecule has 3 nitrogen and oxygen atoms in total. The van der Waals surface area contributed by atoms with E-state index in [2.05, 4.69) is 18.5 Å². The van der Waals surface area contributed by atoms with Crippen LogP contribution in [0.25, 0.3) is 0 Å². The summed E-state index contributed by atoms with van der Waals surface area (Å²) in [4.78, 5) is 0. The maximum Gasteiger partial charge on any atom is 0.633 e. The molecule has 0 rings (SSSR count). The normalized spacial score (nSPS) is 8.45. The van der Waals surface area contributed by atoms with Gasteiger partial charge in [0.1, 0.15) is 0 Å². The molecule has 0 radical (unpaired) electrons. The fourth-order valence-corrected chi connectivity index (χ4v) is 0.500. The second kappa shape index (κ2) is 12.6. The third kappa shape index (κ3) is 25.7. The Bertz CT molecular complexity index is 55.6. The quantitative estimate of drug-likeness (QED) is 0.482. The first kappa shape index (κ1) is 13.5. The summed E-state index contributed by atoms with van der Waals surface area (Å²) < 4.78 is 3.86. The van der Waals surface area contributed by atoms with Crippen LogP contribution in [0, 0.1) is 0 Å². The van der Waals surface area contributed by atoms with Crippen molar-refractivity contribution in [3.8, 4) is 0 Å². The Morgan fingerprint density at radius 3 is 1.45 bits per heavy atom. The highest BCUT2D eigenvalue weighted by molar-refractivity contribution is 6.32. The minimum Gasteiger partial charge on any atom is -0.402 e. The Hall–Kier alpha value is -0.0551. The third-order valence-corrected chi connectivity index (χ3v) is 1.17. The molecule has 0 bridgehead atoms.